The molecule has 35 heavy (non-hydrogen) atoms. The molecule has 0 radical (unpaired) electrons. The highest BCUT2D eigenvalue weighted by Gasteiger charge is 2.42. The maximum atomic E-state index is 13.8. The highest BCUT2D eigenvalue weighted by molar-refractivity contribution is 6.19. The number of allylic oxidation sites excluding steroid dienone is 1. The van der Waals surface area contributed by atoms with E-state index in [4.69, 9.17) is 15.2 Å². The Kier molecular flexibility index (Phi) is 5.75. The van der Waals surface area contributed by atoms with Crippen LogP contribution < -0.4 is 20.1 Å². The minimum absolute atomic E-state index is 0.0280. The van der Waals surface area contributed by atoms with Crippen molar-refractivity contribution >= 4 is 35.1 Å². The van der Waals surface area contributed by atoms with E-state index in [0.29, 0.717) is 17.5 Å². The van der Waals surface area contributed by atoms with Crippen molar-refractivity contribution in [1.82, 2.24) is 0 Å². The highest BCUT2D eigenvalue weighted by atomic mass is 16.5. The first-order chi connectivity index (χ1) is 16.4. The molecule has 0 spiro atoms. The first kappa shape index (κ1) is 23.8. The van der Waals surface area contributed by atoms with E-state index in [2.05, 4.69) is 0 Å². The standard InChI is InChI=1S/C25H24N2O8/c1-10(28)34-17-9-13-7-12-8-14-15(27(3)4)5-6-16(30)20(14)23(32)18(12)22(31)19(13)24(35-11(2)29)21(17)25(26)33/h5-6,9,12,30,32H,7-8H2,1-4H3,(H2,26,33). The smallest absolute Gasteiger partial charge is 0.308 e. The van der Waals surface area contributed by atoms with Gasteiger partial charge in [0.25, 0.3) is 5.91 Å². The van der Waals surface area contributed by atoms with Crippen LogP contribution in [0.25, 0.3) is 5.76 Å². The van der Waals surface area contributed by atoms with Crippen molar-refractivity contribution in [2.24, 2.45) is 11.7 Å². The largest absolute Gasteiger partial charge is 0.507 e. The van der Waals surface area contributed by atoms with Gasteiger partial charge in [-0.25, -0.2) is 0 Å². The van der Waals surface area contributed by atoms with Gasteiger partial charge in [-0.05, 0) is 48.1 Å². The molecule has 0 aliphatic heterocycles. The summed E-state index contributed by atoms with van der Waals surface area (Å²) in [4.78, 5) is 51.4. The number of rotatable bonds is 4. The Hall–Kier alpha value is -4.34. The van der Waals surface area contributed by atoms with Gasteiger partial charge in [-0.3, -0.25) is 19.2 Å². The minimum atomic E-state index is -1.07. The zero-order chi connectivity index (χ0) is 25.8. The number of hydrogen-bond acceptors (Lipinski definition) is 9. The number of ketones is 1. The van der Waals surface area contributed by atoms with E-state index in [1.165, 1.54) is 12.1 Å². The molecule has 0 saturated carbocycles. The van der Waals surface area contributed by atoms with E-state index < -0.39 is 40.9 Å². The van der Waals surface area contributed by atoms with E-state index in [0.717, 1.165) is 19.5 Å². The number of hydrogen-bond donors (Lipinski definition) is 3. The maximum absolute atomic E-state index is 13.8. The van der Waals surface area contributed by atoms with Crippen LogP contribution >= 0.6 is 0 Å². The number of aliphatic hydroxyl groups is 1. The number of amides is 1. The molecule has 4 rings (SSSR count). The molecule has 1 unspecified atom stereocenters. The number of carbonyl (C=O) groups is 4. The van der Waals surface area contributed by atoms with Gasteiger partial charge in [-0.2, -0.15) is 0 Å². The molecule has 0 bridgehead atoms. The van der Waals surface area contributed by atoms with Crippen LogP contribution in [0.4, 0.5) is 5.69 Å². The summed E-state index contributed by atoms with van der Waals surface area (Å²) in [7, 11) is 3.65. The summed E-state index contributed by atoms with van der Waals surface area (Å²) in [6.45, 7) is 2.22. The van der Waals surface area contributed by atoms with Crippen molar-refractivity contribution in [2.45, 2.75) is 26.7 Å². The van der Waals surface area contributed by atoms with Gasteiger partial charge in [-0.15, -0.1) is 0 Å². The lowest BCUT2D eigenvalue weighted by Crippen LogP contribution is -2.32. The second-order valence-electron chi connectivity index (χ2n) is 8.71. The van der Waals surface area contributed by atoms with Crippen LogP contribution in [0.15, 0.2) is 23.8 Å². The van der Waals surface area contributed by atoms with Crippen molar-refractivity contribution < 1.29 is 38.9 Å². The fraction of sp³-hybridized carbons (Fsp3) is 0.280. The van der Waals surface area contributed by atoms with Crippen LogP contribution in [0.3, 0.4) is 0 Å². The molecule has 2 aliphatic rings. The van der Waals surface area contributed by atoms with Gasteiger partial charge in [0, 0.05) is 39.2 Å². The monoisotopic (exact) mass is 480 g/mol. The van der Waals surface area contributed by atoms with Gasteiger partial charge in [0.2, 0.25) is 0 Å². The lowest BCUT2D eigenvalue weighted by molar-refractivity contribution is -0.132. The average molecular weight is 480 g/mol. The molecule has 0 fully saturated rings. The fourth-order valence-corrected chi connectivity index (χ4v) is 4.87. The molecule has 0 saturated heterocycles. The molecular formula is C25H24N2O8. The number of nitrogens with zero attached hydrogens (tertiary/aromatic N) is 1. The van der Waals surface area contributed by atoms with E-state index in [-0.39, 0.29) is 40.4 Å². The summed E-state index contributed by atoms with van der Waals surface area (Å²) in [5.41, 5.74) is 6.92. The Morgan fingerprint density at radius 1 is 1.03 bits per heavy atom. The molecule has 1 amide bonds. The Labute approximate surface area is 200 Å². The van der Waals surface area contributed by atoms with Crippen molar-refractivity contribution in [3.63, 3.8) is 0 Å². The SMILES string of the molecule is CC(=O)Oc1cc2c(c(OC(C)=O)c1C(N)=O)C(=O)C1=C(O)c3c(O)ccc(N(C)C)c3CC1C2. The van der Waals surface area contributed by atoms with Gasteiger partial charge in [0.1, 0.15) is 22.8 Å². The molecule has 2 aromatic carbocycles. The lowest BCUT2D eigenvalue weighted by Gasteiger charge is -2.34. The molecule has 0 heterocycles. The summed E-state index contributed by atoms with van der Waals surface area (Å²) in [5, 5.41) is 21.7. The van der Waals surface area contributed by atoms with Gasteiger partial charge in [0.15, 0.2) is 11.5 Å². The molecule has 10 heteroatoms. The molecular weight excluding hydrogens is 456 g/mol. The van der Waals surface area contributed by atoms with Crippen LogP contribution in [-0.4, -0.2) is 47.9 Å². The first-order valence-electron chi connectivity index (χ1n) is 10.8. The number of phenolic OH excluding ortho intramolecular Hbond substituents is 1. The quantitative estimate of drug-likeness (QED) is 0.441. The zero-order valence-corrected chi connectivity index (χ0v) is 19.6. The summed E-state index contributed by atoms with van der Waals surface area (Å²) in [6.07, 6.45) is 0.523. The molecule has 4 N–H and O–H groups in total. The number of anilines is 1. The van der Waals surface area contributed by atoms with Crippen molar-refractivity contribution in [3.8, 4) is 17.2 Å². The van der Waals surface area contributed by atoms with E-state index in [1.807, 2.05) is 19.0 Å². The third-order valence-electron chi connectivity index (χ3n) is 6.11. The van der Waals surface area contributed by atoms with Crippen molar-refractivity contribution in [1.29, 1.82) is 0 Å². The predicted octanol–water partition coefficient (Wildman–Crippen LogP) is 2.29. The fourth-order valence-electron chi connectivity index (χ4n) is 4.87. The molecule has 1 atom stereocenters. The zero-order valence-electron chi connectivity index (χ0n) is 19.6. The molecule has 10 nitrogen and oxygen atoms in total. The number of ether oxygens (including phenoxy) is 2. The minimum Gasteiger partial charge on any atom is -0.507 e. The Morgan fingerprint density at radius 2 is 1.69 bits per heavy atom. The summed E-state index contributed by atoms with van der Waals surface area (Å²) >= 11 is 0. The highest BCUT2D eigenvalue weighted by Crippen LogP contribution is 2.49. The second kappa shape index (κ2) is 8.46. The topological polar surface area (TPSA) is 156 Å². The van der Waals surface area contributed by atoms with Crippen LogP contribution in [0.2, 0.25) is 0 Å². The van der Waals surface area contributed by atoms with Crippen molar-refractivity contribution in [3.05, 3.63) is 51.6 Å². The third kappa shape index (κ3) is 3.86. The van der Waals surface area contributed by atoms with Gasteiger partial charge in [0.05, 0.1) is 11.1 Å². The maximum Gasteiger partial charge on any atom is 0.308 e. The molecule has 2 aromatic rings. The van der Waals surface area contributed by atoms with Crippen LogP contribution in [0.5, 0.6) is 17.2 Å². The van der Waals surface area contributed by atoms with Gasteiger partial charge >= 0.3 is 11.9 Å². The number of phenols is 1. The van der Waals surface area contributed by atoms with E-state index >= 15 is 0 Å². The number of fused-ring (bicyclic) bond motifs is 3. The Bertz CT molecular complexity index is 1360. The third-order valence-corrected chi connectivity index (χ3v) is 6.11. The number of primary amides is 1. The van der Waals surface area contributed by atoms with Crippen LogP contribution in [0.1, 0.15) is 51.3 Å². The summed E-state index contributed by atoms with van der Waals surface area (Å²) in [6, 6.07) is 4.52. The Balaban J connectivity index is 2.01. The van der Waals surface area contributed by atoms with Crippen LogP contribution in [-0.2, 0) is 22.4 Å². The Morgan fingerprint density at radius 3 is 2.26 bits per heavy atom. The van der Waals surface area contributed by atoms with Crippen LogP contribution in [0, 0.1) is 5.92 Å². The second-order valence-corrected chi connectivity index (χ2v) is 8.71. The number of carbonyl (C=O) groups excluding carboxylic acids is 4. The van der Waals surface area contributed by atoms with Gasteiger partial charge < -0.3 is 30.3 Å². The normalized spacial score (nSPS) is 16.1. The van der Waals surface area contributed by atoms with Gasteiger partial charge in [-0.1, -0.05) is 0 Å². The number of aliphatic hydroxyl groups excluding tert-OH is 1. The number of benzene rings is 2. The summed E-state index contributed by atoms with van der Waals surface area (Å²) < 4.78 is 10.4. The average Bonchev–Trinajstić information content (AvgIpc) is 2.71. The number of Topliss-reactive ketones (excluding diaryl/α,β-unsaturated/α-hetero) is 1. The van der Waals surface area contributed by atoms with E-state index in [9.17, 15) is 29.4 Å². The molecule has 2 aliphatic carbocycles. The molecule has 0 aromatic heterocycles. The van der Waals surface area contributed by atoms with Crippen molar-refractivity contribution in [2.75, 3.05) is 19.0 Å². The number of aromatic hydroxyl groups is 1. The first-order valence-corrected chi connectivity index (χ1v) is 10.8. The lowest BCUT2D eigenvalue weighted by atomic mass is 9.70. The number of nitrogens with two attached hydrogens (primary N) is 1. The van der Waals surface area contributed by atoms with E-state index in [1.54, 1.807) is 6.07 Å². The number of esters is 2. The summed E-state index contributed by atoms with van der Waals surface area (Å²) in [5.74, 6) is -5.03. The molecule has 182 valence electrons. The predicted molar refractivity (Wildman–Crippen MR) is 125 cm³/mol.